The Balaban J connectivity index is 2.11. The summed E-state index contributed by atoms with van der Waals surface area (Å²) >= 11 is 0. The molecule has 5 heteroatoms. The molecule has 0 unspecified atom stereocenters. The predicted molar refractivity (Wildman–Crippen MR) is 67.3 cm³/mol. The molecule has 0 aromatic carbocycles. The molecule has 0 saturated carbocycles. The van der Waals surface area contributed by atoms with Crippen molar-refractivity contribution in [2.75, 3.05) is 20.1 Å². The van der Waals surface area contributed by atoms with E-state index in [1.54, 1.807) is 11.9 Å². The molecule has 1 rings (SSSR count). The maximum absolute atomic E-state index is 11.5. The van der Waals surface area contributed by atoms with Gasteiger partial charge in [-0.1, -0.05) is 6.42 Å². The van der Waals surface area contributed by atoms with Crippen molar-refractivity contribution in [1.29, 1.82) is 0 Å². The topological polar surface area (TPSA) is 57.7 Å². The first-order chi connectivity index (χ1) is 8.56. The van der Waals surface area contributed by atoms with E-state index in [1.165, 1.54) is 17.1 Å². The second kappa shape index (κ2) is 6.93. The van der Waals surface area contributed by atoms with Crippen molar-refractivity contribution in [2.45, 2.75) is 25.7 Å². The molecule has 0 aromatic rings. The Labute approximate surface area is 107 Å². The van der Waals surface area contributed by atoms with Crippen molar-refractivity contribution in [2.24, 2.45) is 0 Å². The van der Waals surface area contributed by atoms with Crippen molar-refractivity contribution in [3.05, 3.63) is 19.1 Å². The Kier molecular flexibility index (Phi) is 5.55. The van der Waals surface area contributed by atoms with E-state index in [4.69, 9.17) is 0 Å². The summed E-state index contributed by atoms with van der Waals surface area (Å²) in [5.41, 5.74) is 0. The van der Waals surface area contributed by atoms with Crippen LogP contribution >= 0.6 is 0 Å². The fourth-order valence-corrected chi connectivity index (χ4v) is 1.69. The van der Waals surface area contributed by atoms with Crippen LogP contribution in [0.4, 0.5) is 0 Å². The average Bonchev–Trinajstić information content (AvgIpc) is 2.68. The Bertz CT molecular complexity index is 345. The first-order valence-corrected chi connectivity index (χ1v) is 6.13. The Morgan fingerprint density at radius 2 is 1.83 bits per heavy atom. The molecular formula is C13H19N2O3. The molecule has 0 aromatic heterocycles. The average molecular weight is 251 g/mol. The van der Waals surface area contributed by atoms with Gasteiger partial charge in [0.05, 0.1) is 0 Å². The van der Waals surface area contributed by atoms with E-state index in [0.29, 0.717) is 19.5 Å². The molecule has 3 amide bonds. The van der Waals surface area contributed by atoms with Gasteiger partial charge in [0.15, 0.2) is 0 Å². The Morgan fingerprint density at radius 1 is 1.22 bits per heavy atom. The van der Waals surface area contributed by atoms with E-state index in [0.717, 1.165) is 19.3 Å². The third-order valence-corrected chi connectivity index (χ3v) is 2.93. The molecule has 1 aliphatic rings. The Hall–Kier alpha value is -1.65. The van der Waals surface area contributed by atoms with Gasteiger partial charge in [-0.05, 0) is 19.8 Å². The zero-order chi connectivity index (χ0) is 13.5. The van der Waals surface area contributed by atoms with Crippen LogP contribution in [0.15, 0.2) is 12.2 Å². The van der Waals surface area contributed by atoms with Crippen molar-refractivity contribution in [3.63, 3.8) is 0 Å². The highest BCUT2D eigenvalue weighted by atomic mass is 16.2. The van der Waals surface area contributed by atoms with Crippen molar-refractivity contribution < 1.29 is 14.4 Å². The lowest BCUT2D eigenvalue weighted by atomic mass is 10.1. The van der Waals surface area contributed by atoms with Gasteiger partial charge in [0.1, 0.15) is 0 Å². The van der Waals surface area contributed by atoms with Crippen LogP contribution in [0.2, 0.25) is 0 Å². The highest BCUT2D eigenvalue weighted by molar-refractivity contribution is 6.12. The smallest absolute Gasteiger partial charge is 0.253 e. The SMILES string of the molecule is [CH2]CN(C)C(=O)CCCCCN1C(=O)C=CC1=O. The number of carbonyl (C=O) groups excluding carboxylic acids is 3. The highest BCUT2D eigenvalue weighted by Crippen LogP contribution is 2.08. The molecule has 0 saturated heterocycles. The third-order valence-electron chi connectivity index (χ3n) is 2.93. The van der Waals surface area contributed by atoms with Gasteiger partial charge < -0.3 is 4.90 Å². The maximum Gasteiger partial charge on any atom is 0.253 e. The molecule has 99 valence electrons. The molecule has 5 nitrogen and oxygen atoms in total. The van der Waals surface area contributed by atoms with Gasteiger partial charge in [0.2, 0.25) is 5.91 Å². The number of carbonyl (C=O) groups is 3. The number of rotatable bonds is 7. The number of hydrogen-bond donors (Lipinski definition) is 0. The normalized spacial score (nSPS) is 14.4. The molecule has 0 N–H and O–H groups in total. The van der Waals surface area contributed by atoms with Crippen LogP contribution in [0.1, 0.15) is 25.7 Å². The van der Waals surface area contributed by atoms with Gasteiger partial charge >= 0.3 is 0 Å². The van der Waals surface area contributed by atoms with E-state index in [1.807, 2.05) is 0 Å². The van der Waals surface area contributed by atoms with Crippen LogP contribution in [-0.4, -0.2) is 47.7 Å². The molecule has 0 bridgehead atoms. The van der Waals surface area contributed by atoms with Crippen molar-refractivity contribution >= 4 is 17.7 Å². The molecular weight excluding hydrogens is 232 g/mol. The van der Waals surface area contributed by atoms with Crippen LogP contribution in [0.5, 0.6) is 0 Å². The fourth-order valence-electron chi connectivity index (χ4n) is 1.69. The highest BCUT2D eigenvalue weighted by Gasteiger charge is 2.22. The third kappa shape index (κ3) is 3.98. The minimum atomic E-state index is -0.243. The van der Waals surface area contributed by atoms with Gasteiger partial charge in [-0.2, -0.15) is 0 Å². The summed E-state index contributed by atoms with van der Waals surface area (Å²) in [6.45, 7) is 4.54. The summed E-state index contributed by atoms with van der Waals surface area (Å²) in [6.07, 6.45) is 5.40. The van der Waals surface area contributed by atoms with E-state index in [-0.39, 0.29) is 17.7 Å². The quantitative estimate of drug-likeness (QED) is 0.496. The van der Waals surface area contributed by atoms with E-state index < -0.39 is 0 Å². The molecule has 1 heterocycles. The van der Waals surface area contributed by atoms with E-state index in [2.05, 4.69) is 6.92 Å². The lowest BCUT2D eigenvalue weighted by Crippen LogP contribution is -2.30. The molecule has 1 radical (unpaired) electrons. The van der Waals surface area contributed by atoms with Crippen LogP contribution in [-0.2, 0) is 14.4 Å². The van der Waals surface area contributed by atoms with Gasteiger partial charge in [-0.3, -0.25) is 19.3 Å². The monoisotopic (exact) mass is 251 g/mol. The molecule has 1 aliphatic heterocycles. The summed E-state index contributed by atoms with van der Waals surface area (Å²) in [5, 5.41) is 0. The minimum Gasteiger partial charge on any atom is -0.346 e. The largest absolute Gasteiger partial charge is 0.346 e. The molecule has 18 heavy (non-hydrogen) atoms. The molecule has 0 atom stereocenters. The van der Waals surface area contributed by atoms with Crippen LogP contribution in [0, 0.1) is 6.92 Å². The first-order valence-electron chi connectivity index (χ1n) is 6.13. The molecule has 0 spiro atoms. The first kappa shape index (κ1) is 14.4. The fraction of sp³-hybridized carbons (Fsp3) is 0.538. The standard InChI is InChI=1S/C13H19N2O3/c1-3-14(2)11(16)7-5-4-6-10-15-12(17)8-9-13(15)18/h8-9H,1,3-7,10H2,2H3. The summed E-state index contributed by atoms with van der Waals surface area (Å²) in [4.78, 5) is 36.7. The Morgan fingerprint density at radius 3 is 2.39 bits per heavy atom. The second-order valence-electron chi connectivity index (χ2n) is 4.29. The number of unbranched alkanes of at least 4 members (excludes halogenated alkanes) is 2. The van der Waals surface area contributed by atoms with Crippen LogP contribution in [0.25, 0.3) is 0 Å². The summed E-state index contributed by atoms with van der Waals surface area (Å²) in [6, 6.07) is 0. The number of amides is 3. The summed E-state index contributed by atoms with van der Waals surface area (Å²) in [5.74, 6) is -0.402. The summed E-state index contributed by atoms with van der Waals surface area (Å²) < 4.78 is 0. The number of hydrogen-bond acceptors (Lipinski definition) is 3. The number of nitrogens with zero attached hydrogens (tertiary/aromatic N) is 2. The lowest BCUT2D eigenvalue weighted by Gasteiger charge is -2.15. The van der Waals surface area contributed by atoms with Crippen molar-refractivity contribution in [3.8, 4) is 0 Å². The number of imide groups is 1. The van der Waals surface area contributed by atoms with E-state index >= 15 is 0 Å². The summed E-state index contributed by atoms with van der Waals surface area (Å²) in [7, 11) is 1.72. The molecule has 0 fully saturated rings. The second-order valence-corrected chi connectivity index (χ2v) is 4.29. The molecule has 0 aliphatic carbocycles. The zero-order valence-corrected chi connectivity index (χ0v) is 10.7. The van der Waals surface area contributed by atoms with Crippen LogP contribution in [0.3, 0.4) is 0 Å². The zero-order valence-electron chi connectivity index (χ0n) is 10.7. The van der Waals surface area contributed by atoms with Crippen LogP contribution < -0.4 is 0 Å². The van der Waals surface area contributed by atoms with Gasteiger partial charge in [0, 0.05) is 38.7 Å². The van der Waals surface area contributed by atoms with Gasteiger partial charge in [-0.15, -0.1) is 0 Å². The van der Waals surface area contributed by atoms with Crippen molar-refractivity contribution in [1.82, 2.24) is 9.80 Å². The van der Waals surface area contributed by atoms with E-state index in [9.17, 15) is 14.4 Å². The lowest BCUT2D eigenvalue weighted by molar-refractivity contribution is -0.137. The predicted octanol–water partition coefficient (Wildman–Crippen LogP) is 0.764. The van der Waals surface area contributed by atoms with Gasteiger partial charge in [0.25, 0.3) is 11.8 Å². The minimum absolute atomic E-state index is 0.0833. The maximum atomic E-state index is 11.5. The van der Waals surface area contributed by atoms with Gasteiger partial charge in [-0.25, -0.2) is 0 Å².